The minimum atomic E-state index is -0.926. The fourth-order valence-corrected chi connectivity index (χ4v) is 6.72. The summed E-state index contributed by atoms with van der Waals surface area (Å²) in [4.78, 5) is 39.9. The smallest absolute Gasteiger partial charge is 0.326 e. The van der Waals surface area contributed by atoms with E-state index in [9.17, 15) is 19.5 Å². The predicted octanol–water partition coefficient (Wildman–Crippen LogP) is 3.41. The molecule has 0 aromatic heterocycles. The number of aliphatic carboxylic acids is 1. The maximum Gasteiger partial charge on any atom is 0.326 e. The third kappa shape index (κ3) is 5.14. The van der Waals surface area contributed by atoms with Crippen LogP contribution in [0.5, 0.6) is 0 Å². The maximum atomic E-state index is 13.5. The molecule has 2 N–H and O–H groups in total. The number of hydrogen-bond acceptors (Lipinski definition) is 5. The number of carboxylic acid groups (broad SMARTS) is 1. The first-order chi connectivity index (χ1) is 16.3. The molecule has 7 nitrogen and oxygen atoms in total. The molecule has 4 aliphatic rings. The summed E-state index contributed by atoms with van der Waals surface area (Å²) >= 11 is 0. The van der Waals surface area contributed by atoms with Gasteiger partial charge in [-0.1, -0.05) is 43.2 Å². The molecule has 1 saturated heterocycles. The highest BCUT2D eigenvalue weighted by Crippen LogP contribution is 2.57. The van der Waals surface area contributed by atoms with Crippen molar-refractivity contribution >= 4 is 17.8 Å². The van der Waals surface area contributed by atoms with Crippen LogP contribution < -0.4 is 5.32 Å². The van der Waals surface area contributed by atoms with Crippen molar-refractivity contribution in [1.82, 2.24) is 10.2 Å². The maximum absolute atomic E-state index is 13.5. The topological polar surface area (TPSA) is 95.9 Å². The molecule has 7 heteroatoms. The number of carbonyl (C=O) groups is 3. The number of benzene rings is 1. The number of aryl methyl sites for hydroxylation is 1. The lowest BCUT2D eigenvalue weighted by Crippen LogP contribution is -2.54. The number of ether oxygens (including phenoxy) is 1. The Morgan fingerprint density at radius 1 is 1.15 bits per heavy atom. The van der Waals surface area contributed by atoms with Gasteiger partial charge in [-0.2, -0.15) is 0 Å². The van der Waals surface area contributed by atoms with Gasteiger partial charge in [0.05, 0.1) is 12.6 Å². The van der Waals surface area contributed by atoms with Crippen LogP contribution in [0.15, 0.2) is 30.3 Å². The van der Waals surface area contributed by atoms with Crippen LogP contribution >= 0.6 is 0 Å². The van der Waals surface area contributed by atoms with E-state index in [1.807, 2.05) is 30.3 Å². The van der Waals surface area contributed by atoms with Gasteiger partial charge in [0.2, 0.25) is 5.91 Å². The van der Waals surface area contributed by atoms with Crippen molar-refractivity contribution in [1.29, 1.82) is 0 Å². The zero-order valence-electron chi connectivity index (χ0n) is 20.4. The number of likely N-dealkylation sites (tertiary alicyclic amines) is 1. The van der Waals surface area contributed by atoms with E-state index in [0.29, 0.717) is 37.6 Å². The molecule has 4 fully saturated rings. The summed E-state index contributed by atoms with van der Waals surface area (Å²) in [5, 5.41) is 13.1. The Morgan fingerprint density at radius 2 is 1.85 bits per heavy atom. The average Bonchev–Trinajstić information content (AvgIpc) is 3.21. The molecular formula is C27H38N2O5. The Labute approximate surface area is 202 Å². The molecule has 34 heavy (non-hydrogen) atoms. The number of fused-ring (bicyclic) bond motifs is 2. The first-order valence-corrected chi connectivity index (χ1v) is 12.8. The van der Waals surface area contributed by atoms with E-state index < -0.39 is 24.1 Å². The number of amides is 1. The molecule has 1 amide bonds. The van der Waals surface area contributed by atoms with Crippen molar-refractivity contribution in [2.45, 2.75) is 83.3 Å². The predicted molar refractivity (Wildman–Crippen MR) is 128 cm³/mol. The molecule has 186 valence electrons. The highest BCUT2D eigenvalue weighted by Gasteiger charge is 2.56. The van der Waals surface area contributed by atoms with Gasteiger partial charge in [0.15, 0.2) is 0 Å². The molecule has 4 atom stereocenters. The molecule has 0 radical (unpaired) electrons. The Hall–Kier alpha value is -2.41. The van der Waals surface area contributed by atoms with Gasteiger partial charge in [0, 0.05) is 6.54 Å². The van der Waals surface area contributed by atoms with Gasteiger partial charge in [0.1, 0.15) is 12.1 Å². The zero-order valence-corrected chi connectivity index (χ0v) is 20.4. The zero-order chi connectivity index (χ0) is 24.3. The summed E-state index contributed by atoms with van der Waals surface area (Å²) in [5.74, 6) is -0.366. The number of rotatable bonds is 9. The van der Waals surface area contributed by atoms with Gasteiger partial charge in [0.25, 0.3) is 0 Å². The lowest BCUT2D eigenvalue weighted by Gasteiger charge is -2.50. The van der Waals surface area contributed by atoms with Gasteiger partial charge < -0.3 is 14.7 Å². The van der Waals surface area contributed by atoms with E-state index in [4.69, 9.17) is 4.74 Å². The van der Waals surface area contributed by atoms with Crippen molar-refractivity contribution in [3.05, 3.63) is 35.9 Å². The lowest BCUT2D eigenvalue weighted by molar-refractivity contribution is -0.150. The molecule has 1 aromatic carbocycles. The van der Waals surface area contributed by atoms with Crippen molar-refractivity contribution in [2.75, 3.05) is 13.2 Å². The van der Waals surface area contributed by atoms with Crippen molar-refractivity contribution in [3.63, 3.8) is 0 Å². The highest BCUT2D eigenvalue weighted by molar-refractivity contribution is 5.88. The fourth-order valence-electron chi connectivity index (χ4n) is 6.72. The molecule has 2 bridgehead atoms. The van der Waals surface area contributed by atoms with E-state index in [0.717, 1.165) is 24.8 Å². The lowest BCUT2D eigenvalue weighted by atomic mass is 9.55. The van der Waals surface area contributed by atoms with Crippen LogP contribution in [0.2, 0.25) is 0 Å². The van der Waals surface area contributed by atoms with Gasteiger partial charge in [-0.05, 0) is 75.2 Å². The summed E-state index contributed by atoms with van der Waals surface area (Å²) in [6, 6.07) is 7.79. The summed E-state index contributed by atoms with van der Waals surface area (Å²) in [6.07, 6.45) is 7.53. The van der Waals surface area contributed by atoms with Crippen molar-refractivity contribution < 1.29 is 24.2 Å². The molecule has 5 rings (SSSR count). The number of nitrogens with zero attached hydrogens (tertiary/aromatic N) is 1. The molecule has 1 heterocycles. The first kappa shape index (κ1) is 24.7. The SMILES string of the molecule is CCOC(=O)[C@H](CCc1ccccc1)N[C@@H](C)C(=O)N1CC2(CC3CCC2CC3)C[C@H]1C(=O)O. The Morgan fingerprint density at radius 3 is 2.44 bits per heavy atom. The van der Waals surface area contributed by atoms with E-state index >= 15 is 0 Å². The van der Waals surface area contributed by atoms with Crippen molar-refractivity contribution in [2.24, 2.45) is 17.3 Å². The van der Waals surface area contributed by atoms with E-state index in [1.54, 1.807) is 18.7 Å². The molecule has 1 aromatic rings. The van der Waals surface area contributed by atoms with Crippen LogP contribution in [0.25, 0.3) is 0 Å². The molecule has 1 unspecified atom stereocenters. The summed E-state index contributed by atoms with van der Waals surface area (Å²) in [5.41, 5.74) is 1.05. The Balaban J connectivity index is 1.45. The number of carbonyl (C=O) groups excluding carboxylic acids is 2. The van der Waals surface area contributed by atoms with Gasteiger partial charge in [-0.15, -0.1) is 0 Å². The quantitative estimate of drug-likeness (QED) is 0.537. The second-order valence-corrected chi connectivity index (χ2v) is 10.5. The van der Waals surface area contributed by atoms with Crippen molar-refractivity contribution in [3.8, 4) is 0 Å². The van der Waals surface area contributed by atoms with Gasteiger partial charge in [-0.25, -0.2) is 4.79 Å². The third-order valence-corrected chi connectivity index (χ3v) is 8.39. The van der Waals surface area contributed by atoms with E-state index in [1.165, 1.54) is 12.8 Å². The molecule has 1 aliphatic heterocycles. The van der Waals surface area contributed by atoms with Gasteiger partial charge in [-0.3, -0.25) is 14.9 Å². The largest absolute Gasteiger partial charge is 0.480 e. The number of esters is 1. The number of nitrogens with one attached hydrogen (secondary N) is 1. The summed E-state index contributed by atoms with van der Waals surface area (Å²) in [6.45, 7) is 4.28. The summed E-state index contributed by atoms with van der Waals surface area (Å²) < 4.78 is 5.26. The fraction of sp³-hybridized carbons (Fsp3) is 0.667. The third-order valence-electron chi connectivity index (χ3n) is 8.39. The second kappa shape index (κ2) is 10.5. The Kier molecular flexibility index (Phi) is 7.60. The number of hydrogen-bond donors (Lipinski definition) is 2. The minimum absolute atomic E-state index is 0.0620. The first-order valence-electron chi connectivity index (χ1n) is 12.8. The van der Waals surface area contributed by atoms with Crippen LogP contribution in [0.1, 0.15) is 64.4 Å². The summed E-state index contributed by atoms with van der Waals surface area (Å²) in [7, 11) is 0. The molecule has 1 spiro atoms. The van der Waals surface area contributed by atoms with Crippen LogP contribution in [-0.4, -0.2) is 59.1 Å². The Bertz CT molecular complexity index is 882. The standard InChI is InChI=1S/C27H38N2O5/c1-3-34-26(33)22(14-11-19-7-5-4-6-8-19)28-18(2)24(30)29-17-27(16-23(29)25(31)32)15-20-9-12-21(27)13-10-20/h4-8,18,20-23,28H,3,9-17H2,1-2H3,(H,31,32)/t18-,20?,21?,22-,23-,27?/m0/s1. The van der Waals surface area contributed by atoms with E-state index in [2.05, 4.69) is 5.32 Å². The second-order valence-electron chi connectivity index (χ2n) is 10.5. The minimum Gasteiger partial charge on any atom is -0.480 e. The van der Waals surface area contributed by atoms with E-state index in [-0.39, 0.29) is 23.9 Å². The molecular weight excluding hydrogens is 432 g/mol. The normalized spacial score (nSPS) is 29.7. The van der Waals surface area contributed by atoms with Crippen LogP contribution in [0.3, 0.4) is 0 Å². The number of carboxylic acids is 1. The van der Waals surface area contributed by atoms with Crippen LogP contribution in [-0.2, 0) is 25.5 Å². The van der Waals surface area contributed by atoms with Crippen LogP contribution in [0.4, 0.5) is 0 Å². The molecule has 3 saturated carbocycles. The molecule has 3 aliphatic carbocycles. The average molecular weight is 471 g/mol. The highest BCUT2D eigenvalue weighted by atomic mass is 16.5. The van der Waals surface area contributed by atoms with Crippen LogP contribution in [0, 0.1) is 17.3 Å². The van der Waals surface area contributed by atoms with Gasteiger partial charge >= 0.3 is 11.9 Å². The monoisotopic (exact) mass is 470 g/mol.